The first kappa shape index (κ1) is 15.7. The van der Waals surface area contributed by atoms with Crippen molar-refractivity contribution in [1.29, 1.82) is 0 Å². The fourth-order valence-electron chi connectivity index (χ4n) is 2.04. The molecule has 1 amide bonds. The van der Waals surface area contributed by atoms with Crippen molar-refractivity contribution in [3.63, 3.8) is 0 Å². The van der Waals surface area contributed by atoms with E-state index in [0.717, 1.165) is 18.8 Å². The summed E-state index contributed by atoms with van der Waals surface area (Å²) in [4.78, 5) is 17.9. The molecule has 0 aliphatic heterocycles. The lowest BCUT2D eigenvalue weighted by Gasteiger charge is -2.28. The SMILES string of the molecule is CCN(CC(C)(C)O)C(=O)CCCn1ccnc1C. The second-order valence-corrected chi connectivity index (χ2v) is 5.49. The summed E-state index contributed by atoms with van der Waals surface area (Å²) >= 11 is 0. The quantitative estimate of drug-likeness (QED) is 0.816. The van der Waals surface area contributed by atoms with Crippen LogP contribution in [0.25, 0.3) is 0 Å². The summed E-state index contributed by atoms with van der Waals surface area (Å²) in [6.45, 7) is 9.14. The minimum absolute atomic E-state index is 0.0994. The van der Waals surface area contributed by atoms with Crippen LogP contribution in [0.5, 0.6) is 0 Å². The first-order valence-electron chi connectivity index (χ1n) is 6.81. The van der Waals surface area contributed by atoms with Crippen molar-refractivity contribution in [3.8, 4) is 0 Å². The Hall–Kier alpha value is -1.36. The van der Waals surface area contributed by atoms with Gasteiger partial charge in [-0.05, 0) is 34.1 Å². The first-order chi connectivity index (χ1) is 8.83. The predicted molar refractivity (Wildman–Crippen MR) is 74.7 cm³/mol. The third kappa shape index (κ3) is 5.42. The second kappa shape index (κ2) is 6.70. The van der Waals surface area contributed by atoms with Gasteiger partial charge in [0, 0.05) is 38.4 Å². The highest BCUT2D eigenvalue weighted by Crippen LogP contribution is 2.08. The third-order valence-electron chi connectivity index (χ3n) is 3.03. The minimum Gasteiger partial charge on any atom is -0.389 e. The highest BCUT2D eigenvalue weighted by Gasteiger charge is 2.20. The number of imidazole rings is 1. The molecular formula is C14H25N3O2. The molecule has 1 aromatic heterocycles. The molecular weight excluding hydrogens is 242 g/mol. The maximum atomic E-state index is 12.1. The molecule has 19 heavy (non-hydrogen) atoms. The molecule has 1 heterocycles. The van der Waals surface area contributed by atoms with Gasteiger partial charge in [0.15, 0.2) is 0 Å². The molecule has 5 heteroatoms. The van der Waals surface area contributed by atoms with Crippen molar-refractivity contribution < 1.29 is 9.90 Å². The molecule has 0 aromatic carbocycles. The van der Waals surface area contributed by atoms with Crippen LogP contribution >= 0.6 is 0 Å². The van der Waals surface area contributed by atoms with Crippen molar-refractivity contribution in [2.75, 3.05) is 13.1 Å². The zero-order valence-corrected chi connectivity index (χ0v) is 12.4. The predicted octanol–water partition coefficient (Wildman–Crippen LogP) is 1.59. The molecule has 0 aliphatic carbocycles. The number of amides is 1. The molecule has 0 spiro atoms. The normalized spacial score (nSPS) is 11.6. The summed E-state index contributed by atoms with van der Waals surface area (Å²) in [5, 5.41) is 9.77. The van der Waals surface area contributed by atoms with Crippen LogP contribution in [0.2, 0.25) is 0 Å². The van der Waals surface area contributed by atoms with E-state index in [0.29, 0.717) is 19.5 Å². The van der Waals surface area contributed by atoms with E-state index in [-0.39, 0.29) is 5.91 Å². The van der Waals surface area contributed by atoms with Crippen LogP contribution < -0.4 is 0 Å². The molecule has 108 valence electrons. The van der Waals surface area contributed by atoms with E-state index in [9.17, 15) is 9.90 Å². The van der Waals surface area contributed by atoms with Gasteiger partial charge in [0.05, 0.1) is 5.60 Å². The average molecular weight is 267 g/mol. The Balaban J connectivity index is 2.39. The Morgan fingerprint density at radius 2 is 2.21 bits per heavy atom. The highest BCUT2D eigenvalue weighted by atomic mass is 16.3. The largest absolute Gasteiger partial charge is 0.389 e. The summed E-state index contributed by atoms with van der Waals surface area (Å²) in [7, 11) is 0. The lowest BCUT2D eigenvalue weighted by Crippen LogP contribution is -2.42. The number of rotatable bonds is 7. The number of aliphatic hydroxyl groups is 1. The topological polar surface area (TPSA) is 58.4 Å². The second-order valence-electron chi connectivity index (χ2n) is 5.49. The van der Waals surface area contributed by atoms with E-state index in [1.165, 1.54) is 0 Å². The molecule has 5 nitrogen and oxygen atoms in total. The fraction of sp³-hybridized carbons (Fsp3) is 0.714. The molecule has 0 radical (unpaired) electrons. The average Bonchev–Trinajstić information content (AvgIpc) is 2.71. The van der Waals surface area contributed by atoms with Crippen LogP contribution in [-0.2, 0) is 11.3 Å². The van der Waals surface area contributed by atoms with Crippen molar-refractivity contribution in [2.45, 2.75) is 52.7 Å². The number of hydrogen-bond donors (Lipinski definition) is 1. The molecule has 0 aliphatic rings. The smallest absolute Gasteiger partial charge is 0.222 e. The molecule has 1 N–H and O–H groups in total. The van der Waals surface area contributed by atoms with Gasteiger partial charge in [-0.3, -0.25) is 4.79 Å². The fourth-order valence-corrected chi connectivity index (χ4v) is 2.04. The van der Waals surface area contributed by atoms with E-state index in [1.807, 2.05) is 24.6 Å². The van der Waals surface area contributed by atoms with Crippen molar-refractivity contribution in [1.82, 2.24) is 14.5 Å². The number of aromatic nitrogens is 2. The zero-order chi connectivity index (χ0) is 14.5. The van der Waals surface area contributed by atoms with E-state index >= 15 is 0 Å². The van der Waals surface area contributed by atoms with E-state index in [1.54, 1.807) is 24.9 Å². The molecule has 0 saturated heterocycles. The van der Waals surface area contributed by atoms with Crippen LogP contribution in [0.1, 0.15) is 39.4 Å². The van der Waals surface area contributed by atoms with E-state index < -0.39 is 5.60 Å². The number of hydrogen-bond acceptors (Lipinski definition) is 3. The summed E-state index contributed by atoms with van der Waals surface area (Å²) in [5.74, 6) is 1.07. The lowest BCUT2D eigenvalue weighted by molar-refractivity contribution is -0.134. The maximum Gasteiger partial charge on any atom is 0.222 e. The zero-order valence-electron chi connectivity index (χ0n) is 12.4. The van der Waals surface area contributed by atoms with Gasteiger partial charge in [-0.25, -0.2) is 4.98 Å². The molecule has 0 fully saturated rings. The van der Waals surface area contributed by atoms with Gasteiger partial charge < -0.3 is 14.6 Å². The monoisotopic (exact) mass is 267 g/mol. The third-order valence-corrected chi connectivity index (χ3v) is 3.03. The maximum absolute atomic E-state index is 12.1. The molecule has 0 bridgehead atoms. The number of carbonyl (C=O) groups is 1. The van der Waals surface area contributed by atoms with Crippen LogP contribution in [0.4, 0.5) is 0 Å². The number of aryl methyl sites for hydroxylation is 2. The van der Waals surface area contributed by atoms with Crippen LogP contribution in [0.3, 0.4) is 0 Å². The van der Waals surface area contributed by atoms with Crippen molar-refractivity contribution in [3.05, 3.63) is 18.2 Å². The summed E-state index contributed by atoms with van der Waals surface area (Å²) < 4.78 is 2.04. The van der Waals surface area contributed by atoms with Crippen LogP contribution in [0.15, 0.2) is 12.4 Å². The number of nitrogens with zero attached hydrogens (tertiary/aromatic N) is 3. The van der Waals surface area contributed by atoms with Gasteiger partial charge in [0.2, 0.25) is 5.91 Å². The molecule has 1 rings (SSSR count). The summed E-state index contributed by atoms with van der Waals surface area (Å²) in [6.07, 6.45) is 4.98. The Labute approximate surface area is 115 Å². The van der Waals surface area contributed by atoms with Crippen LogP contribution in [-0.4, -0.2) is 44.2 Å². The standard InChI is InChI=1S/C14H25N3O2/c1-5-16(11-14(3,4)19)13(18)7-6-9-17-10-8-15-12(17)2/h8,10,19H,5-7,9,11H2,1-4H3. The number of likely N-dealkylation sites (N-methyl/N-ethyl adjacent to an activating group) is 1. The minimum atomic E-state index is -0.841. The molecule has 1 aromatic rings. The van der Waals surface area contributed by atoms with Crippen molar-refractivity contribution in [2.24, 2.45) is 0 Å². The van der Waals surface area contributed by atoms with Gasteiger partial charge in [0.25, 0.3) is 0 Å². The first-order valence-corrected chi connectivity index (χ1v) is 6.81. The van der Waals surface area contributed by atoms with Gasteiger partial charge in [-0.15, -0.1) is 0 Å². The molecule has 0 saturated carbocycles. The Kier molecular flexibility index (Phi) is 5.54. The Bertz CT molecular complexity index is 407. The van der Waals surface area contributed by atoms with E-state index in [2.05, 4.69) is 4.98 Å². The number of carbonyl (C=O) groups excluding carboxylic acids is 1. The van der Waals surface area contributed by atoms with Crippen LogP contribution in [0, 0.1) is 6.92 Å². The van der Waals surface area contributed by atoms with Gasteiger partial charge >= 0.3 is 0 Å². The Morgan fingerprint density at radius 3 is 2.68 bits per heavy atom. The van der Waals surface area contributed by atoms with Gasteiger partial charge in [-0.1, -0.05) is 0 Å². The van der Waals surface area contributed by atoms with E-state index in [4.69, 9.17) is 0 Å². The molecule has 0 atom stereocenters. The Morgan fingerprint density at radius 1 is 1.53 bits per heavy atom. The van der Waals surface area contributed by atoms with Crippen molar-refractivity contribution >= 4 is 5.91 Å². The summed E-state index contributed by atoms with van der Waals surface area (Å²) in [5.41, 5.74) is -0.841. The summed E-state index contributed by atoms with van der Waals surface area (Å²) in [6, 6.07) is 0. The molecule has 0 unspecified atom stereocenters. The van der Waals surface area contributed by atoms with Gasteiger partial charge in [0.1, 0.15) is 5.82 Å². The van der Waals surface area contributed by atoms with Gasteiger partial charge in [-0.2, -0.15) is 0 Å². The highest BCUT2D eigenvalue weighted by molar-refractivity contribution is 5.76. The lowest BCUT2D eigenvalue weighted by atomic mass is 10.1.